The van der Waals surface area contributed by atoms with Crippen LogP contribution in [0.3, 0.4) is 0 Å². The van der Waals surface area contributed by atoms with Crippen molar-refractivity contribution in [1.82, 2.24) is 0 Å². The minimum Gasteiger partial charge on any atom is -0.597 e. The predicted octanol–water partition coefficient (Wildman–Crippen LogP) is 0.670. The standard InChI is InChI=1S/C6H14N2O3/c1-5(2)11-7-8(10)4-6(3)9/h5-6,9H,4H2,1-3H3/b8-7-. The maximum Gasteiger partial charge on any atom is 0.209 e. The molecule has 66 valence electrons. The van der Waals surface area contributed by atoms with Gasteiger partial charge in [0.05, 0.1) is 0 Å². The molecule has 0 fully saturated rings. The summed E-state index contributed by atoms with van der Waals surface area (Å²) >= 11 is 0. The second-order valence-corrected chi connectivity index (χ2v) is 2.62. The molecule has 0 aromatic rings. The lowest BCUT2D eigenvalue weighted by Gasteiger charge is -2.03. The Morgan fingerprint density at radius 1 is 1.55 bits per heavy atom. The Morgan fingerprint density at radius 2 is 2.09 bits per heavy atom. The van der Waals surface area contributed by atoms with E-state index in [9.17, 15) is 5.21 Å². The molecule has 0 aliphatic carbocycles. The highest BCUT2D eigenvalue weighted by atomic mass is 16.7. The van der Waals surface area contributed by atoms with Crippen molar-refractivity contribution in [1.29, 1.82) is 0 Å². The van der Waals surface area contributed by atoms with Gasteiger partial charge >= 0.3 is 0 Å². The molecular formula is C6H14N2O3. The molecule has 0 bridgehead atoms. The maximum absolute atomic E-state index is 10.6. The zero-order valence-corrected chi connectivity index (χ0v) is 7.02. The summed E-state index contributed by atoms with van der Waals surface area (Å²) in [5.74, 6) is 0. The monoisotopic (exact) mass is 162 g/mol. The Kier molecular flexibility index (Phi) is 4.52. The summed E-state index contributed by atoms with van der Waals surface area (Å²) in [5, 5.41) is 22.5. The normalized spacial score (nSPS) is 15.2. The van der Waals surface area contributed by atoms with Crippen LogP contribution in [0.4, 0.5) is 0 Å². The molecule has 0 radical (unpaired) electrons. The summed E-state index contributed by atoms with van der Waals surface area (Å²) in [6.45, 7) is 4.97. The second kappa shape index (κ2) is 4.90. The Labute approximate surface area is 65.8 Å². The van der Waals surface area contributed by atoms with Crippen molar-refractivity contribution in [2.75, 3.05) is 6.54 Å². The number of hydrogen-bond donors (Lipinski definition) is 1. The third-order valence-corrected chi connectivity index (χ3v) is 0.769. The maximum atomic E-state index is 10.6. The SMILES string of the molecule is CC(O)C/[N+]([O-])=N/OC(C)C. The number of hydroxylamine groups is 1. The minimum absolute atomic E-state index is 0.0628. The Balaban J connectivity index is 3.63. The first kappa shape index (κ1) is 10.2. The molecule has 0 aromatic carbocycles. The fourth-order valence-corrected chi connectivity index (χ4v) is 0.406. The van der Waals surface area contributed by atoms with Gasteiger partial charge in [0, 0.05) is 0 Å². The largest absolute Gasteiger partial charge is 0.597 e. The number of aliphatic hydroxyl groups is 1. The molecule has 0 saturated heterocycles. The molecule has 5 heteroatoms. The Hall–Kier alpha value is -0.840. The summed E-state index contributed by atoms with van der Waals surface area (Å²) in [7, 11) is 0. The molecule has 5 nitrogen and oxygen atoms in total. The van der Waals surface area contributed by atoms with Gasteiger partial charge in [-0.05, 0) is 20.8 Å². The molecule has 1 N–H and O–H groups in total. The van der Waals surface area contributed by atoms with Gasteiger partial charge in [0.1, 0.15) is 12.2 Å². The van der Waals surface area contributed by atoms with Gasteiger partial charge in [0.2, 0.25) is 6.54 Å². The summed E-state index contributed by atoms with van der Waals surface area (Å²) in [6, 6.07) is 0. The van der Waals surface area contributed by atoms with E-state index in [4.69, 9.17) is 5.11 Å². The fraction of sp³-hybridized carbons (Fsp3) is 1.00. The summed E-state index contributed by atoms with van der Waals surface area (Å²) in [6.07, 6.45) is -0.799. The third-order valence-electron chi connectivity index (χ3n) is 0.769. The van der Waals surface area contributed by atoms with E-state index < -0.39 is 6.10 Å². The van der Waals surface area contributed by atoms with Crippen LogP contribution in [0.5, 0.6) is 0 Å². The Morgan fingerprint density at radius 3 is 2.45 bits per heavy atom. The van der Waals surface area contributed by atoms with Crippen LogP contribution in [0.1, 0.15) is 20.8 Å². The molecule has 0 spiro atoms. The van der Waals surface area contributed by atoms with E-state index in [-0.39, 0.29) is 12.6 Å². The van der Waals surface area contributed by atoms with Crippen LogP contribution in [0, 0.1) is 5.21 Å². The first-order chi connectivity index (χ1) is 5.02. The van der Waals surface area contributed by atoms with Crippen molar-refractivity contribution in [2.24, 2.45) is 5.28 Å². The first-order valence-corrected chi connectivity index (χ1v) is 3.52. The average molecular weight is 162 g/mol. The van der Waals surface area contributed by atoms with Gasteiger partial charge < -0.3 is 15.2 Å². The molecule has 11 heavy (non-hydrogen) atoms. The number of rotatable bonds is 4. The van der Waals surface area contributed by atoms with Gasteiger partial charge in [-0.3, -0.25) is 0 Å². The third kappa shape index (κ3) is 7.05. The highest BCUT2D eigenvalue weighted by Gasteiger charge is 2.03. The molecule has 1 atom stereocenters. The summed E-state index contributed by atoms with van der Waals surface area (Å²) < 4.78 is 0. The molecule has 0 heterocycles. The van der Waals surface area contributed by atoms with Crippen molar-refractivity contribution >= 4 is 0 Å². The van der Waals surface area contributed by atoms with Crippen molar-refractivity contribution in [2.45, 2.75) is 33.0 Å². The van der Waals surface area contributed by atoms with Crippen LogP contribution >= 0.6 is 0 Å². The molecule has 0 amide bonds. The van der Waals surface area contributed by atoms with E-state index in [0.717, 1.165) is 0 Å². The van der Waals surface area contributed by atoms with Crippen molar-refractivity contribution in [3.05, 3.63) is 5.21 Å². The smallest absolute Gasteiger partial charge is 0.209 e. The molecule has 0 aromatic heterocycles. The lowest BCUT2D eigenvalue weighted by molar-refractivity contribution is -0.567. The van der Waals surface area contributed by atoms with E-state index in [1.54, 1.807) is 13.8 Å². The Bertz CT molecular complexity index is 134. The van der Waals surface area contributed by atoms with Crippen LogP contribution in [-0.2, 0) is 4.84 Å². The van der Waals surface area contributed by atoms with Crippen LogP contribution < -0.4 is 0 Å². The number of nitrogens with zero attached hydrogens (tertiary/aromatic N) is 2. The molecule has 0 saturated carbocycles. The minimum atomic E-state index is -0.688. The molecule has 0 aliphatic heterocycles. The highest BCUT2D eigenvalue weighted by Crippen LogP contribution is 1.90. The van der Waals surface area contributed by atoms with Crippen LogP contribution in [0.25, 0.3) is 0 Å². The second-order valence-electron chi connectivity index (χ2n) is 2.62. The van der Waals surface area contributed by atoms with E-state index in [1.165, 1.54) is 6.92 Å². The van der Waals surface area contributed by atoms with Gasteiger partial charge in [0.15, 0.2) is 5.28 Å². The lowest BCUT2D eigenvalue weighted by Crippen LogP contribution is -2.17. The lowest BCUT2D eigenvalue weighted by atomic mass is 10.4. The van der Waals surface area contributed by atoms with Gasteiger partial charge in [-0.15, -0.1) is 0 Å². The molecule has 1 unspecified atom stereocenters. The summed E-state index contributed by atoms with van der Waals surface area (Å²) in [5.41, 5.74) is 0. The average Bonchev–Trinajstić information content (AvgIpc) is 1.82. The summed E-state index contributed by atoms with van der Waals surface area (Å²) in [4.78, 5) is 4.96. The quantitative estimate of drug-likeness (QED) is 0.375. The fourth-order valence-electron chi connectivity index (χ4n) is 0.406. The van der Waals surface area contributed by atoms with Crippen LogP contribution in [0.2, 0.25) is 0 Å². The van der Waals surface area contributed by atoms with Crippen molar-refractivity contribution in [3.63, 3.8) is 0 Å². The number of hydrogen-bond acceptors (Lipinski definition) is 4. The van der Waals surface area contributed by atoms with Gasteiger partial charge in [-0.2, -0.15) is 0 Å². The molecule has 0 rings (SSSR count). The van der Waals surface area contributed by atoms with Gasteiger partial charge in [-0.25, -0.2) is 0 Å². The topological polar surface area (TPSA) is 67.9 Å². The van der Waals surface area contributed by atoms with Gasteiger partial charge in [-0.1, -0.05) is 4.86 Å². The van der Waals surface area contributed by atoms with Gasteiger partial charge in [0.25, 0.3) is 0 Å². The zero-order chi connectivity index (χ0) is 8.85. The first-order valence-electron chi connectivity index (χ1n) is 3.52. The van der Waals surface area contributed by atoms with Crippen molar-refractivity contribution < 1.29 is 14.8 Å². The predicted molar refractivity (Wildman–Crippen MR) is 38.8 cm³/mol. The molecule has 0 aliphatic rings. The number of aliphatic hydroxyl groups excluding tert-OH is 1. The van der Waals surface area contributed by atoms with Crippen LogP contribution in [0.15, 0.2) is 5.28 Å². The highest BCUT2D eigenvalue weighted by molar-refractivity contribution is 4.36. The van der Waals surface area contributed by atoms with E-state index >= 15 is 0 Å². The zero-order valence-electron chi connectivity index (χ0n) is 7.02. The van der Waals surface area contributed by atoms with E-state index in [0.29, 0.717) is 4.86 Å². The van der Waals surface area contributed by atoms with E-state index in [2.05, 4.69) is 10.1 Å². The van der Waals surface area contributed by atoms with E-state index in [1.807, 2.05) is 0 Å². The molecular weight excluding hydrogens is 148 g/mol. The van der Waals surface area contributed by atoms with Crippen LogP contribution in [-0.4, -0.2) is 28.7 Å². The van der Waals surface area contributed by atoms with Crippen molar-refractivity contribution in [3.8, 4) is 0 Å².